The van der Waals surface area contributed by atoms with Crippen LogP contribution in [0.2, 0.25) is 5.15 Å². The number of rotatable bonds is 3. The number of hydrogen-bond acceptors (Lipinski definition) is 3. The number of imidazole rings is 1. The maximum Gasteiger partial charge on any atom is 0.248 e. The van der Waals surface area contributed by atoms with E-state index in [1.165, 1.54) is 17.4 Å². The van der Waals surface area contributed by atoms with Crippen LogP contribution in [-0.2, 0) is 4.79 Å². The van der Waals surface area contributed by atoms with Gasteiger partial charge in [0.2, 0.25) is 5.91 Å². The van der Waals surface area contributed by atoms with Gasteiger partial charge in [0.15, 0.2) is 10.1 Å². The molecule has 1 aromatic carbocycles. The molecule has 1 N–H and O–H groups in total. The number of amides is 1. The Morgan fingerprint density at radius 1 is 1.32 bits per heavy atom. The van der Waals surface area contributed by atoms with Gasteiger partial charge in [-0.15, -0.1) is 11.3 Å². The molecule has 4 nitrogen and oxygen atoms in total. The molecule has 0 radical (unpaired) electrons. The van der Waals surface area contributed by atoms with Crippen molar-refractivity contribution in [3.8, 4) is 0 Å². The second-order valence-electron chi connectivity index (χ2n) is 5.04. The molecular weight excluding hydrogens is 318 g/mol. The first-order valence-corrected chi connectivity index (χ1v) is 7.97. The number of thiazole rings is 1. The number of nitrogens with zero attached hydrogens (tertiary/aromatic N) is 2. The third-order valence-corrected chi connectivity index (χ3v) is 4.17. The van der Waals surface area contributed by atoms with Crippen molar-refractivity contribution in [2.45, 2.75) is 13.8 Å². The topological polar surface area (TPSA) is 46.4 Å². The number of aryl methyl sites for hydroxylation is 2. The molecule has 1 amide bonds. The molecule has 3 rings (SSSR count). The minimum Gasteiger partial charge on any atom is -0.322 e. The Morgan fingerprint density at radius 2 is 2.05 bits per heavy atom. The summed E-state index contributed by atoms with van der Waals surface area (Å²) in [5.41, 5.74) is 3.71. The molecule has 22 heavy (non-hydrogen) atoms. The fourth-order valence-electron chi connectivity index (χ4n) is 2.31. The van der Waals surface area contributed by atoms with Crippen molar-refractivity contribution in [1.82, 2.24) is 9.38 Å². The summed E-state index contributed by atoms with van der Waals surface area (Å²) in [6.45, 7) is 4.00. The largest absolute Gasteiger partial charge is 0.322 e. The van der Waals surface area contributed by atoms with E-state index in [9.17, 15) is 4.79 Å². The van der Waals surface area contributed by atoms with E-state index < -0.39 is 0 Å². The monoisotopic (exact) mass is 331 g/mol. The highest BCUT2D eigenvalue weighted by Crippen LogP contribution is 2.22. The Bertz CT molecular complexity index is 859. The number of anilines is 1. The summed E-state index contributed by atoms with van der Waals surface area (Å²) >= 11 is 7.58. The maximum atomic E-state index is 12.0. The van der Waals surface area contributed by atoms with Crippen molar-refractivity contribution in [3.63, 3.8) is 0 Å². The molecular formula is C16H14ClN3OS. The minimum atomic E-state index is -0.203. The van der Waals surface area contributed by atoms with Crippen LogP contribution < -0.4 is 5.32 Å². The molecule has 2 aromatic heterocycles. The van der Waals surface area contributed by atoms with Gasteiger partial charge in [0.25, 0.3) is 0 Å². The first-order chi connectivity index (χ1) is 10.5. The number of aromatic nitrogens is 2. The average Bonchev–Trinajstić information content (AvgIpc) is 2.96. The van der Waals surface area contributed by atoms with Crippen LogP contribution in [0.5, 0.6) is 0 Å². The number of carbonyl (C=O) groups is 1. The predicted molar refractivity (Wildman–Crippen MR) is 91.7 cm³/mol. The second kappa shape index (κ2) is 5.94. The fraction of sp³-hybridized carbons (Fsp3) is 0.125. The zero-order valence-electron chi connectivity index (χ0n) is 12.1. The van der Waals surface area contributed by atoms with Crippen molar-refractivity contribution in [1.29, 1.82) is 0 Å². The van der Waals surface area contributed by atoms with Gasteiger partial charge in [-0.05, 0) is 43.2 Å². The van der Waals surface area contributed by atoms with Crippen molar-refractivity contribution >= 4 is 45.6 Å². The van der Waals surface area contributed by atoms with Crippen LogP contribution in [0.15, 0.2) is 35.9 Å². The van der Waals surface area contributed by atoms with E-state index in [1.807, 2.05) is 42.0 Å². The molecule has 112 valence electrons. The third kappa shape index (κ3) is 3.05. The fourth-order valence-corrected chi connectivity index (χ4v) is 3.32. The van der Waals surface area contributed by atoms with Gasteiger partial charge in [0.1, 0.15) is 0 Å². The zero-order valence-corrected chi connectivity index (χ0v) is 13.7. The van der Waals surface area contributed by atoms with Crippen LogP contribution in [0.4, 0.5) is 5.69 Å². The van der Waals surface area contributed by atoms with Crippen molar-refractivity contribution < 1.29 is 4.79 Å². The summed E-state index contributed by atoms with van der Waals surface area (Å²) in [7, 11) is 0. The Labute approximate surface area is 137 Å². The molecule has 0 bridgehead atoms. The van der Waals surface area contributed by atoms with E-state index in [0.29, 0.717) is 10.8 Å². The molecule has 2 heterocycles. The normalized spacial score (nSPS) is 11.4. The maximum absolute atomic E-state index is 12.0. The lowest BCUT2D eigenvalue weighted by atomic mass is 10.1. The molecule has 0 aliphatic heterocycles. The first-order valence-electron chi connectivity index (χ1n) is 6.71. The Kier molecular flexibility index (Phi) is 4.00. The average molecular weight is 332 g/mol. The highest BCUT2D eigenvalue weighted by atomic mass is 35.5. The number of carbonyl (C=O) groups excluding carboxylic acids is 1. The van der Waals surface area contributed by atoms with Crippen LogP contribution in [-0.4, -0.2) is 15.3 Å². The molecule has 0 saturated heterocycles. The SMILES string of the molecule is Cc1cc(C)cc(NC(=O)/C=C/c2c(Cl)nc3sccn23)c1. The molecule has 0 aliphatic carbocycles. The lowest BCUT2D eigenvalue weighted by Crippen LogP contribution is -2.08. The Balaban J connectivity index is 1.79. The molecule has 0 spiro atoms. The highest BCUT2D eigenvalue weighted by Gasteiger charge is 2.08. The summed E-state index contributed by atoms with van der Waals surface area (Å²) in [5, 5.41) is 5.16. The number of nitrogens with one attached hydrogen (secondary N) is 1. The first kappa shape index (κ1) is 14.8. The van der Waals surface area contributed by atoms with E-state index >= 15 is 0 Å². The van der Waals surface area contributed by atoms with E-state index in [4.69, 9.17) is 11.6 Å². The lowest BCUT2D eigenvalue weighted by Gasteiger charge is -2.05. The van der Waals surface area contributed by atoms with Crippen molar-refractivity contribution in [2.75, 3.05) is 5.32 Å². The molecule has 0 atom stereocenters. The highest BCUT2D eigenvalue weighted by molar-refractivity contribution is 7.15. The van der Waals surface area contributed by atoms with Gasteiger partial charge in [-0.3, -0.25) is 9.20 Å². The third-order valence-electron chi connectivity index (χ3n) is 3.14. The van der Waals surface area contributed by atoms with E-state index in [2.05, 4.69) is 16.4 Å². The standard InChI is InChI=1S/C16H14ClN3OS/c1-10-7-11(2)9-12(8-10)18-14(21)4-3-13-15(17)19-16-20(13)5-6-22-16/h3-9H,1-2H3,(H,18,21)/b4-3+. The Morgan fingerprint density at radius 3 is 2.77 bits per heavy atom. The quantitative estimate of drug-likeness (QED) is 0.726. The van der Waals surface area contributed by atoms with Gasteiger partial charge < -0.3 is 5.32 Å². The number of hydrogen-bond donors (Lipinski definition) is 1. The molecule has 0 saturated carbocycles. The lowest BCUT2D eigenvalue weighted by molar-refractivity contribution is -0.111. The van der Waals surface area contributed by atoms with Crippen LogP contribution in [0, 0.1) is 13.8 Å². The van der Waals surface area contributed by atoms with Crippen LogP contribution >= 0.6 is 22.9 Å². The minimum absolute atomic E-state index is 0.203. The number of halogens is 1. The molecule has 6 heteroatoms. The summed E-state index contributed by atoms with van der Waals surface area (Å²) in [5.74, 6) is -0.203. The summed E-state index contributed by atoms with van der Waals surface area (Å²) in [4.78, 5) is 17.1. The zero-order chi connectivity index (χ0) is 15.7. The van der Waals surface area contributed by atoms with Gasteiger partial charge in [-0.25, -0.2) is 4.98 Å². The van der Waals surface area contributed by atoms with Gasteiger partial charge in [-0.2, -0.15) is 0 Å². The summed E-state index contributed by atoms with van der Waals surface area (Å²) in [6.07, 6.45) is 5.01. The number of benzene rings is 1. The van der Waals surface area contributed by atoms with E-state index in [0.717, 1.165) is 21.8 Å². The molecule has 0 fully saturated rings. The van der Waals surface area contributed by atoms with Crippen LogP contribution in [0.3, 0.4) is 0 Å². The van der Waals surface area contributed by atoms with Gasteiger partial charge >= 0.3 is 0 Å². The van der Waals surface area contributed by atoms with Gasteiger partial charge in [-0.1, -0.05) is 17.7 Å². The van der Waals surface area contributed by atoms with Gasteiger partial charge in [0.05, 0.1) is 5.69 Å². The van der Waals surface area contributed by atoms with E-state index in [1.54, 1.807) is 6.08 Å². The molecule has 3 aromatic rings. The van der Waals surface area contributed by atoms with Gasteiger partial charge in [0, 0.05) is 23.3 Å². The summed E-state index contributed by atoms with van der Waals surface area (Å²) in [6, 6.07) is 5.92. The number of fused-ring (bicyclic) bond motifs is 1. The van der Waals surface area contributed by atoms with Crippen LogP contribution in [0.1, 0.15) is 16.8 Å². The predicted octanol–water partition coefficient (Wildman–Crippen LogP) is 4.32. The molecule has 0 unspecified atom stereocenters. The molecule has 0 aliphatic rings. The second-order valence-corrected chi connectivity index (χ2v) is 6.27. The van der Waals surface area contributed by atoms with E-state index in [-0.39, 0.29) is 5.91 Å². The Hall–Kier alpha value is -2.11. The van der Waals surface area contributed by atoms with Crippen molar-refractivity contribution in [2.24, 2.45) is 0 Å². The van der Waals surface area contributed by atoms with Crippen molar-refractivity contribution in [3.05, 3.63) is 57.8 Å². The smallest absolute Gasteiger partial charge is 0.248 e. The summed E-state index contributed by atoms with van der Waals surface area (Å²) < 4.78 is 1.85. The van der Waals surface area contributed by atoms with Crippen LogP contribution in [0.25, 0.3) is 11.0 Å².